The molecule has 1 aliphatic rings. The summed E-state index contributed by atoms with van der Waals surface area (Å²) < 4.78 is 33.2. The fourth-order valence-corrected chi connectivity index (χ4v) is 7.51. The zero-order valence-corrected chi connectivity index (χ0v) is 43.4. The molecule has 4 amide bonds. The molecule has 0 atom stereocenters. The lowest BCUT2D eigenvalue weighted by Gasteiger charge is -2.29. The van der Waals surface area contributed by atoms with E-state index in [4.69, 9.17) is 86.0 Å². The van der Waals surface area contributed by atoms with Gasteiger partial charge in [0.2, 0.25) is 0 Å². The van der Waals surface area contributed by atoms with Crippen LogP contribution in [-0.4, -0.2) is 134 Å². The number of amides is 4. The van der Waals surface area contributed by atoms with Crippen LogP contribution >= 0.6 is 23.2 Å². The summed E-state index contributed by atoms with van der Waals surface area (Å²) in [7, 11) is 0. The van der Waals surface area contributed by atoms with Crippen LogP contribution in [0.15, 0.2) is 58.5 Å². The van der Waals surface area contributed by atoms with E-state index in [1.807, 2.05) is 48.5 Å². The number of hydrogen-bond donors (Lipinski definition) is 10. The van der Waals surface area contributed by atoms with E-state index >= 15 is 0 Å². The number of halogens is 2. The summed E-state index contributed by atoms with van der Waals surface area (Å²) in [5.74, 6) is -0.654. The van der Waals surface area contributed by atoms with Crippen molar-refractivity contribution in [3.05, 3.63) is 81.4 Å². The summed E-state index contributed by atoms with van der Waals surface area (Å²) in [6.07, 6.45) is 6.46. The number of aromatic nitrogens is 4. The predicted octanol–water partition coefficient (Wildman–Crippen LogP) is 3.29. The van der Waals surface area contributed by atoms with Gasteiger partial charge in [-0.1, -0.05) is 47.5 Å². The number of aryl methyl sites for hydroxylation is 2. The van der Waals surface area contributed by atoms with Gasteiger partial charge in [0.25, 0.3) is 11.8 Å². The molecule has 0 spiro atoms. The number of nitrogens with zero attached hydrogens (tertiary/aromatic N) is 6. The molecule has 0 saturated heterocycles. The zero-order valence-electron chi connectivity index (χ0n) is 41.9. The van der Waals surface area contributed by atoms with Gasteiger partial charge in [0.05, 0.1) is 26.4 Å². The molecule has 1 saturated carbocycles. The van der Waals surface area contributed by atoms with E-state index < -0.39 is 24.0 Å². The van der Waals surface area contributed by atoms with Crippen molar-refractivity contribution >= 4 is 82.4 Å². The van der Waals surface area contributed by atoms with Crippen molar-refractivity contribution in [3.63, 3.8) is 0 Å². The van der Waals surface area contributed by atoms with Crippen molar-refractivity contribution in [2.45, 2.75) is 76.3 Å². The van der Waals surface area contributed by atoms with E-state index in [0.717, 1.165) is 49.7 Å². The van der Waals surface area contributed by atoms with Gasteiger partial charge in [-0.3, -0.25) is 30.2 Å². The molecule has 1 aliphatic carbocycles. The van der Waals surface area contributed by atoms with Crippen molar-refractivity contribution < 1.29 is 47.6 Å². The largest absolute Gasteiger partial charge is 0.491 e. The number of carbonyl (C=O) groups excluding carboxylic acids is 4. The van der Waals surface area contributed by atoms with Crippen molar-refractivity contribution in [2.75, 3.05) is 88.9 Å². The number of unbranched alkanes of at least 4 members (excludes halogenated alkanes) is 2. The summed E-state index contributed by atoms with van der Waals surface area (Å²) in [6, 6.07) is 15.3. The highest BCUT2D eigenvalue weighted by atomic mass is 35.5. The molecule has 4 aromatic rings. The van der Waals surface area contributed by atoms with E-state index in [9.17, 15) is 19.2 Å². The molecule has 0 unspecified atom stereocenters. The van der Waals surface area contributed by atoms with Gasteiger partial charge in [-0.2, -0.15) is 0 Å². The molecule has 0 aliphatic heterocycles. The van der Waals surface area contributed by atoms with Crippen LogP contribution < -0.4 is 65.1 Å². The lowest BCUT2D eigenvalue weighted by Crippen LogP contribution is -2.44. The molecule has 0 bridgehead atoms. The van der Waals surface area contributed by atoms with Crippen molar-refractivity contribution in [1.82, 2.24) is 41.2 Å². The quantitative estimate of drug-likeness (QED) is 0.0221. The van der Waals surface area contributed by atoms with E-state index in [-0.39, 0.29) is 95.4 Å². The number of anilines is 4. The summed E-state index contributed by atoms with van der Waals surface area (Å²) >= 11 is 11.7. The minimum absolute atomic E-state index is 0.0654. The number of guanidine groups is 2. The van der Waals surface area contributed by atoms with Crippen molar-refractivity contribution in [3.8, 4) is 11.5 Å². The van der Waals surface area contributed by atoms with Gasteiger partial charge in [0.15, 0.2) is 56.9 Å². The maximum Gasteiger partial charge on any atom is 0.407 e. The summed E-state index contributed by atoms with van der Waals surface area (Å²) in [4.78, 5) is 73.0. The second kappa shape index (κ2) is 31.9. The molecule has 2 aromatic heterocycles. The second-order valence-corrected chi connectivity index (χ2v) is 17.7. The number of carbonyl (C=O) groups is 4. The van der Waals surface area contributed by atoms with Crippen LogP contribution in [0.2, 0.25) is 10.3 Å². The maximum absolute atomic E-state index is 12.4. The van der Waals surface area contributed by atoms with Crippen LogP contribution in [0.4, 0.5) is 32.9 Å². The SMILES string of the molecule is NC(=NCCCCc1ccc(OCCOCCOC(=O)NC2CCC(NC(=O)OCCOCCOc3ccc(CCCCN=C(N)NC(=O)c4nc(Cl)c(N)nc4N)cc3)CC2)cc1)NC(=O)c1nc(Cl)c(N)nc1N. The number of aliphatic imine (C=N–C) groups is 2. The Morgan fingerprint density at radius 3 is 1.26 bits per heavy atom. The number of nitrogens with two attached hydrogens (primary N) is 6. The number of nitrogen functional groups attached to an aromatic ring is 4. The minimum atomic E-state index is -0.693. The summed E-state index contributed by atoms with van der Waals surface area (Å²) in [6.45, 7) is 2.71. The van der Waals surface area contributed by atoms with Gasteiger partial charge >= 0.3 is 12.2 Å². The normalized spacial score (nSPS) is 14.6. The second-order valence-electron chi connectivity index (χ2n) is 16.9. The molecular weight excluding hydrogens is 1030 g/mol. The van der Waals surface area contributed by atoms with Gasteiger partial charge in [-0.05, 0) is 99.6 Å². The summed E-state index contributed by atoms with van der Waals surface area (Å²) in [5.41, 5.74) is 36.0. The fourth-order valence-electron chi connectivity index (χ4n) is 7.26. The molecule has 26 nitrogen and oxygen atoms in total. The Balaban J connectivity index is 0.788. The molecule has 1 fully saturated rings. The third-order valence-corrected chi connectivity index (χ3v) is 11.7. The van der Waals surface area contributed by atoms with Crippen molar-refractivity contribution in [2.24, 2.45) is 21.5 Å². The van der Waals surface area contributed by atoms with E-state index in [1.165, 1.54) is 0 Å². The third kappa shape index (κ3) is 21.7. The topological polar surface area (TPSA) is 404 Å². The molecule has 5 rings (SSSR count). The smallest absolute Gasteiger partial charge is 0.407 e. The Labute approximate surface area is 449 Å². The molecule has 2 aromatic carbocycles. The van der Waals surface area contributed by atoms with Gasteiger partial charge in [-0.15, -0.1) is 0 Å². The minimum Gasteiger partial charge on any atom is -0.491 e. The highest BCUT2D eigenvalue weighted by Crippen LogP contribution is 2.21. The Hall–Kier alpha value is -7.68. The van der Waals surface area contributed by atoms with Gasteiger partial charge in [-0.25, -0.2) is 29.5 Å². The zero-order chi connectivity index (χ0) is 54.7. The van der Waals surface area contributed by atoms with E-state index in [0.29, 0.717) is 76.7 Å². The number of hydrogen-bond acceptors (Lipinski definition) is 20. The molecule has 412 valence electrons. The molecule has 76 heavy (non-hydrogen) atoms. The lowest BCUT2D eigenvalue weighted by molar-refractivity contribution is 0.0548. The molecule has 2 heterocycles. The fraction of sp³-hybridized carbons (Fsp3) is 0.458. The van der Waals surface area contributed by atoms with Crippen LogP contribution in [0.3, 0.4) is 0 Å². The van der Waals surface area contributed by atoms with Crippen molar-refractivity contribution in [1.29, 1.82) is 0 Å². The highest BCUT2D eigenvalue weighted by molar-refractivity contribution is 6.32. The van der Waals surface area contributed by atoms with Crippen LogP contribution in [0.1, 0.15) is 83.5 Å². The first-order valence-electron chi connectivity index (χ1n) is 24.5. The first kappa shape index (κ1) is 59.2. The third-order valence-electron chi connectivity index (χ3n) is 11.2. The first-order chi connectivity index (χ1) is 36.6. The van der Waals surface area contributed by atoms with E-state index in [1.54, 1.807) is 0 Å². The molecule has 28 heteroatoms. The lowest BCUT2D eigenvalue weighted by atomic mass is 9.91. The standard InChI is InChI=1S/C48H66Cl2N16O10/c49-37-41(53)63-39(51)35(61-37)43(67)65-45(55)57-19-3-1-5-29-7-15-33(16-8-29)73-25-21-71-23-27-75-47(69)59-31-11-13-32(14-12-31)60-48(70)76-28-24-72-22-26-74-34-17-9-30(10-18-34)6-2-4-20-58-46(56)66-44(68)36-40(52)64-42(54)38(50)62-36/h7-10,15-18,31-32H,1-6,11-14,19-28H2,(H,59,69)(H,60,70)(H4,51,53,63)(H4,52,54,64)(H3,55,57,65,67)(H3,56,58,66,68). The van der Waals surface area contributed by atoms with Crippen LogP contribution in [0, 0.1) is 0 Å². The van der Waals surface area contributed by atoms with Gasteiger partial charge in [0, 0.05) is 25.2 Å². The number of ether oxygens (including phenoxy) is 6. The Morgan fingerprint density at radius 1 is 0.513 bits per heavy atom. The number of benzene rings is 2. The van der Waals surface area contributed by atoms with Crippen LogP contribution in [0.5, 0.6) is 11.5 Å². The number of rotatable bonds is 28. The highest BCUT2D eigenvalue weighted by Gasteiger charge is 2.25. The average molecular weight is 1100 g/mol. The van der Waals surface area contributed by atoms with Crippen LogP contribution in [0.25, 0.3) is 0 Å². The predicted molar refractivity (Wildman–Crippen MR) is 286 cm³/mol. The Kier molecular flexibility index (Phi) is 24.9. The van der Waals surface area contributed by atoms with Crippen LogP contribution in [-0.2, 0) is 31.8 Å². The summed E-state index contributed by atoms with van der Waals surface area (Å²) in [5, 5.41) is 10.3. The Morgan fingerprint density at radius 2 is 0.882 bits per heavy atom. The van der Waals surface area contributed by atoms with Gasteiger partial charge < -0.3 is 73.5 Å². The first-order valence-corrected chi connectivity index (χ1v) is 25.2. The van der Waals surface area contributed by atoms with Gasteiger partial charge in [0.1, 0.15) is 37.9 Å². The number of nitrogens with one attached hydrogen (secondary N) is 4. The molecule has 0 radical (unpaired) electrons. The molecular formula is C48H66Cl2N16O10. The number of alkyl carbamates (subject to hydrolysis) is 2. The monoisotopic (exact) mass is 1100 g/mol. The van der Waals surface area contributed by atoms with E-state index in [2.05, 4.69) is 51.2 Å². The Bertz CT molecular complexity index is 2400. The maximum atomic E-state index is 12.4. The average Bonchev–Trinajstić information content (AvgIpc) is 3.39. The molecule has 16 N–H and O–H groups in total.